The summed E-state index contributed by atoms with van der Waals surface area (Å²) in [6.45, 7) is 2.58. The Bertz CT molecular complexity index is 1450. The number of imidazole rings is 1. The largest absolute Gasteiger partial charge is 0.489 e. The fourth-order valence-electron chi connectivity index (χ4n) is 4.03. The van der Waals surface area contributed by atoms with Gasteiger partial charge in [-0.15, -0.1) is 0 Å². The molecule has 0 fully saturated rings. The molecule has 0 aliphatic rings. The van der Waals surface area contributed by atoms with Crippen LogP contribution in [0.3, 0.4) is 0 Å². The zero-order valence-electron chi connectivity index (χ0n) is 20.7. The predicted molar refractivity (Wildman–Crippen MR) is 136 cm³/mol. The molecule has 4 rings (SSSR count). The van der Waals surface area contributed by atoms with E-state index in [-0.39, 0.29) is 23.9 Å². The second-order valence-corrected chi connectivity index (χ2v) is 8.84. The molecule has 9 heteroatoms. The van der Waals surface area contributed by atoms with E-state index in [1.165, 1.54) is 15.5 Å². The molecule has 2 aromatic heterocycles. The van der Waals surface area contributed by atoms with Crippen molar-refractivity contribution in [2.75, 3.05) is 0 Å². The van der Waals surface area contributed by atoms with E-state index < -0.39 is 5.97 Å². The Morgan fingerprint density at radius 3 is 2.44 bits per heavy atom. The van der Waals surface area contributed by atoms with E-state index >= 15 is 0 Å². The summed E-state index contributed by atoms with van der Waals surface area (Å²) < 4.78 is 15.6. The highest BCUT2D eigenvalue weighted by Gasteiger charge is 2.15. The third-order valence-electron chi connectivity index (χ3n) is 6.09. The molecule has 0 saturated carbocycles. The SMILES string of the molecule is CC(CCCCn1c(=O)c2c(ncn2C)n(C)c1=O)OC(=O)c1ccc(OCc2ccccc2)cc1. The van der Waals surface area contributed by atoms with Gasteiger partial charge in [-0.1, -0.05) is 30.3 Å². The van der Waals surface area contributed by atoms with Crippen LogP contribution in [0.5, 0.6) is 5.75 Å². The van der Waals surface area contributed by atoms with Gasteiger partial charge in [0.1, 0.15) is 12.4 Å². The number of nitrogens with zero attached hydrogens (tertiary/aromatic N) is 4. The van der Waals surface area contributed by atoms with E-state index in [2.05, 4.69) is 4.98 Å². The molecular formula is C27H30N4O5. The van der Waals surface area contributed by atoms with E-state index in [1.54, 1.807) is 42.9 Å². The summed E-state index contributed by atoms with van der Waals surface area (Å²) in [6.07, 6.45) is 3.14. The number of carbonyl (C=O) groups excluding carboxylic acids is 1. The summed E-state index contributed by atoms with van der Waals surface area (Å²) in [5, 5.41) is 0. The Morgan fingerprint density at radius 1 is 1.00 bits per heavy atom. The first-order valence-corrected chi connectivity index (χ1v) is 11.9. The van der Waals surface area contributed by atoms with Gasteiger partial charge < -0.3 is 14.0 Å². The lowest BCUT2D eigenvalue weighted by Crippen LogP contribution is -2.39. The van der Waals surface area contributed by atoms with Crippen LogP contribution >= 0.6 is 0 Å². The van der Waals surface area contributed by atoms with Gasteiger partial charge in [-0.2, -0.15) is 0 Å². The van der Waals surface area contributed by atoms with Gasteiger partial charge in [-0.05, 0) is 56.0 Å². The zero-order chi connectivity index (χ0) is 25.7. The van der Waals surface area contributed by atoms with Crippen molar-refractivity contribution in [3.8, 4) is 5.75 Å². The van der Waals surface area contributed by atoms with E-state index in [0.29, 0.717) is 48.3 Å². The molecule has 0 spiro atoms. The molecule has 0 aliphatic heterocycles. The standard InChI is InChI=1S/C27H30N4O5/c1-19(9-7-8-16-31-25(32)23-24(28-18-29(23)2)30(3)27(31)34)36-26(33)21-12-14-22(15-13-21)35-17-20-10-5-4-6-11-20/h4-6,10-15,18-19H,7-9,16-17H2,1-3H3. The first-order valence-electron chi connectivity index (χ1n) is 11.9. The van der Waals surface area contributed by atoms with Crippen molar-refractivity contribution in [2.24, 2.45) is 14.1 Å². The average Bonchev–Trinajstić information content (AvgIpc) is 3.28. The van der Waals surface area contributed by atoms with Crippen molar-refractivity contribution in [1.82, 2.24) is 18.7 Å². The number of rotatable bonds is 10. The van der Waals surface area contributed by atoms with Crippen molar-refractivity contribution >= 4 is 17.1 Å². The minimum absolute atomic E-state index is 0.289. The van der Waals surface area contributed by atoms with Crippen molar-refractivity contribution in [2.45, 2.75) is 45.4 Å². The fraction of sp³-hybridized carbons (Fsp3) is 0.333. The lowest BCUT2D eigenvalue weighted by atomic mass is 10.1. The third-order valence-corrected chi connectivity index (χ3v) is 6.09. The first kappa shape index (κ1) is 25.0. The second-order valence-electron chi connectivity index (χ2n) is 8.84. The Hall–Kier alpha value is -4.14. The van der Waals surface area contributed by atoms with Crippen LogP contribution in [-0.4, -0.2) is 30.8 Å². The molecule has 2 aromatic carbocycles. The van der Waals surface area contributed by atoms with E-state index in [4.69, 9.17) is 9.47 Å². The number of ether oxygens (including phenoxy) is 2. The maximum atomic E-state index is 12.8. The number of aromatic nitrogens is 4. The number of unbranched alkanes of at least 4 members (excludes halogenated alkanes) is 1. The molecule has 2 heterocycles. The van der Waals surface area contributed by atoms with Crippen molar-refractivity contribution in [1.29, 1.82) is 0 Å². The Labute approximate surface area is 208 Å². The van der Waals surface area contributed by atoms with Crippen LogP contribution in [0.2, 0.25) is 0 Å². The summed E-state index contributed by atoms with van der Waals surface area (Å²) in [5.41, 5.74) is 1.56. The zero-order valence-corrected chi connectivity index (χ0v) is 20.7. The maximum Gasteiger partial charge on any atom is 0.338 e. The van der Waals surface area contributed by atoms with E-state index in [1.807, 2.05) is 37.3 Å². The lowest BCUT2D eigenvalue weighted by molar-refractivity contribution is 0.0319. The van der Waals surface area contributed by atoms with Crippen molar-refractivity contribution in [3.63, 3.8) is 0 Å². The van der Waals surface area contributed by atoms with Gasteiger partial charge in [0.25, 0.3) is 5.56 Å². The van der Waals surface area contributed by atoms with Gasteiger partial charge in [-0.3, -0.25) is 13.9 Å². The first-order chi connectivity index (χ1) is 17.3. The van der Waals surface area contributed by atoms with Gasteiger partial charge in [0.05, 0.1) is 18.0 Å². The molecule has 1 atom stereocenters. The molecule has 4 aromatic rings. The Balaban J connectivity index is 1.25. The number of carbonyl (C=O) groups is 1. The van der Waals surface area contributed by atoms with Gasteiger partial charge in [-0.25, -0.2) is 14.6 Å². The number of hydrogen-bond donors (Lipinski definition) is 0. The molecule has 1 unspecified atom stereocenters. The second kappa shape index (κ2) is 11.1. The number of fused-ring (bicyclic) bond motifs is 1. The highest BCUT2D eigenvalue weighted by atomic mass is 16.5. The maximum absolute atomic E-state index is 12.8. The van der Waals surface area contributed by atoms with Crippen LogP contribution in [-0.2, 0) is 32.0 Å². The van der Waals surface area contributed by atoms with Crippen molar-refractivity contribution < 1.29 is 14.3 Å². The minimum atomic E-state index is -0.399. The number of hydrogen-bond acceptors (Lipinski definition) is 6. The number of aryl methyl sites for hydroxylation is 2. The Morgan fingerprint density at radius 2 is 1.72 bits per heavy atom. The molecular weight excluding hydrogens is 460 g/mol. The average molecular weight is 491 g/mol. The normalized spacial score (nSPS) is 12.0. The minimum Gasteiger partial charge on any atom is -0.489 e. The van der Waals surface area contributed by atoms with Crippen molar-refractivity contribution in [3.05, 3.63) is 92.9 Å². The molecule has 9 nitrogen and oxygen atoms in total. The summed E-state index contributed by atoms with van der Waals surface area (Å²) in [5.74, 6) is 0.276. The van der Waals surface area contributed by atoms with E-state index in [9.17, 15) is 14.4 Å². The summed E-state index contributed by atoms with van der Waals surface area (Å²) in [4.78, 5) is 42.0. The highest BCUT2D eigenvalue weighted by molar-refractivity contribution is 5.89. The van der Waals surface area contributed by atoms with Gasteiger partial charge in [0.2, 0.25) is 0 Å². The summed E-state index contributed by atoms with van der Waals surface area (Å²) in [7, 11) is 3.34. The van der Waals surface area contributed by atoms with Gasteiger partial charge in [0.15, 0.2) is 11.2 Å². The fourth-order valence-corrected chi connectivity index (χ4v) is 4.03. The lowest BCUT2D eigenvalue weighted by Gasteiger charge is -2.14. The predicted octanol–water partition coefficient (Wildman–Crippen LogP) is 3.43. The summed E-state index contributed by atoms with van der Waals surface area (Å²) >= 11 is 0. The molecule has 0 saturated heterocycles. The van der Waals surface area contributed by atoms with Gasteiger partial charge in [0, 0.05) is 20.6 Å². The Kier molecular flexibility index (Phi) is 7.68. The number of esters is 1. The molecule has 0 aliphatic carbocycles. The molecule has 0 radical (unpaired) electrons. The topological polar surface area (TPSA) is 97.4 Å². The summed E-state index contributed by atoms with van der Waals surface area (Å²) in [6, 6.07) is 16.7. The van der Waals surface area contributed by atoms with Crippen LogP contribution in [0, 0.1) is 0 Å². The van der Waals surface area contributed by atoms with Crippen LogP contribution in [0.1, 0.15) is 42.1 Å². The quantitative estimate of drug-likeness (QED) is 0.250. The van der Waals surface area contributed by atoms with Crippen LogP contribution in [0.4, 0.5) is 0 Å². The molecule has 188 valence electrons. The highest BCUT2D eigenvalue weighted by Crippen LogP contribution is 2.16. The number of benzene rings is 2. The van der Waals surface area contributed by atoms with E-state index in [0.717, 1.165) is 5.56 Å². The van der Waals surface area contributed by atoms with Crippen LogP contribution < -0.4 is 16.0 Å². The molecule has 36 heavy (non-hydrogen) atoms. The molecule has 0 bridgehead atoms. The van der Waals surface area contributed by atoms with Gasteiger partial charge >= 0.3 is 11.7 Å². The molecule has 0 amide bonds. The third kappa shape index (κ3) is 5.56. The van der Waals surface area contributed by atoms with Crippen LogP contribution in [0.15, 0.2) is 70.5 Å². The smallest absolute Gasteiger partial charge is 0.338 e. The monoisotopic (exact) mass is 490 g/mol. The molecule has 0 N–H and O–H groups in total. The van der Waals surface area contributed by atoms with Crippen LogP contribution in [0.25, 0.3) is 11.2 Å².